The first-order chi connectivity index (χ1) is 29.5. The molecule has 0 atom stereocenters. The van der Waals surface area contributed by atoms with Crippen LogP contribution < -0.4 is 18.8 Å². The van der Waals surface area contributed by atoms with Crippen molar-refractivity contribution in [2.24, 2.45) is 0 Å². The number of rotatable bonds is 13. The van der Waals surface area contributed by atoms with Gasteiger partial charge in [0.25, 0.3) is 25.2 Å². The number of fused-ring (bicyclic) bond motifs is 3. The van der Waals surface area contributed by atoms with Gasteiger partial charge in [0, 0.05) is 28.5 Å². The van der Waals surface area contributed by atoms with Crippen molar-refractivity contribution in [3.05, 3.63) is 168 Å². The Morgan fingerprint density at radius 2 is 1.34 bits per heavy atom. The molecule has 0 radical (unpaired) electrons. The van der Waals surface area contributed by atoms with Crippen molar-refractivity contribution in [2.45, 2.75) is 34.2 Å². The lowest BCUT2D eigenvalue weighted by atomic mass is 10.0. The van der Waals surface area contributed by atoms with Crippen molar-refractivity contribution in [2.75, 3.05) is 18.1 Å². The molecule has 9 rings (SSSR count). The lowest BCUT2D eigenvalue weighted by Gasteiger charge is -2.21. The summed E-state index contributed by atoms with van der Waals surface area (Å²) in [6.45, 7) is 1.82. The molecule has 0 saturated carbocycles. The number of thioether (sulfide) groups is 1. The molecule has 0 spiro atoms. The molecule has 0 amide bonds. The minimum atomic E-state index is -4.91. The molecule has 0 bridgehead atoms. The average molecular weight is 886 g/mol. The van der Waals surface area contributed by atoms with E-state index in [0.29, 0.717) is 6.07 Å². The number of ether oxygens (including phenoxy) is 1. The smallest absolute Gasteiger partial charge is 0.298 e. The predicted octanol–water partition coefficient (Wildman–Crippen LogP) is 9.54. The molecule has 0 unspecified atom stereocenters. The Balaban J connectivity index is 1.09. The van der Waals surface area contributed by atoms with Gasteiger partial charge in [0.2, 0.25) is 11.0 Å². The zero-order valence-corrected chi connectivity index (χ0v) is 35.8. The predicted molar refractivity (Wildman–Crippen MR) is 241 cm³/mol. The van der Waals surface area contributed by atoms with Gasteiger partial charge < -0.3 is 9.64 Å². The van der Waals surface area contributed by atoms with Gasteiger partial charge in [-0.1, -0.05) is 108 Å². The van der Waals surface area contributed by atoms with Crippen LogP contribution >= 0.6 is 23.1 Å². The maximum Gasteiger partial charge on any atom is 0.298 e. The van der Waals surface area contributed by atoms with Gasteiger partial charge in [0.15, 0.2) is 19.3 Å². The molecule has 0 aliphatic carbocycles. The average Bonchev–Trinajstić information content (AvgIpc) is 3.79. The topological polar surface area (TPSA) is 129 Å². The van der Waals surface area contributed by atoms with Gasteiger partial charge in [-0.2, -0.15) is 26.0 Å². The van der Waals surface area contributed by atoms with Gasteiger partial charge in [-0.15, -0.1) is 0 Å². The quantitative estimate of drug-likeness (QED) is 0.0860. The minimum Gasteiger partial charge on any atom is -0.490 e. The van der Waals surface area contributed by atoms with Crippen LogP contribution in [-0.4, -0.2) is 39.1 Å². The third-order valence-corrected chi connectivity index (χ3v) is 14.5. The molecule has 6 aromatic carbocycles. The van der Waals surface area contributed by atoms with Crippen LogP contribution in [0.4, 0.5) is 5.69 Å². The zero-order valence-electron chi connectivity index (χ0n) is 32.5. The number of hydrogen-bond donors (Lipinski definition) is 2. The lowest BCUT2D eigenvalue weighted by molar-refractivity contribution is -0.701. The second kappa shape index (κ2) is 16.9. The van der Waals surface area contributed by atoms with Crippen LogP contribution in [-0.2, 0) is 33.3 Å². The molecule has 14 heteroatoms. The third-order valence-electron chi connectivity index (χ3n) is 10.6. The number of anilines is 1. The molecule has 10 nitrogen and oxygen atoms in total. The van der Waals surface area contributed by atoms with E-state index >= 15 is 0 Å². The van der Waals surface area contributed by atoms with Crippen molar-refractivity contribution < 1.29 is 39.8 Å². The summed E-state index contributed by atoms with van der Waals surface area (Å²) in [5.74, 6) is -0.244. The van der Waals surface area contributed by atoms with E-state index in [1.54, 1.807) is 23.1 Å². The maximum atomic E-state index is 12.3. The van der Waals surface area contributed by atoms with Crippen molar-refractivity contribution in [1.29, 1.82) is 0 Å². The highest BCUT2D eigenvalue weighted by molar-refractivity contribution is 8.04. The van der Waals surface area contributed by atoms with Crippen LogP contribution in [0.5, 0.6) is 5.75 Å². The maximum absolute atomic E-state index is 12.3. The standard InChI is InChI=1S/C47H37N3O7S4/c51-60(52,53)38-20-21-42(45(31-38)61(54,55)56)57-28-27-50-41-30-37(34-13-5-2-6-14-34)19-23-44(41)59-47(50)32-46-49(26-10-25-48-24-9-16-35-15-7-8-17-39(35)48)40-29-36(18-22-43(40)58-46)33-11-3-1-4-12-33/h1-9,11-24,29-32H,10,25-28H2/p+2. The number of aryl methyl sites for hydroxylation is 2. The van der Waals surface area contributed by atoms with Gasteiger partial charge in [-0.05, 0) is 70.8 Å². The van der Waals surface area contributed by atoms with Crippen molar-refractivity contribution in [3.63, 3.8) is 0 Å². The van der Waals surface area contributed by atoms with E-state index in [2.05, 4.69) is 123 Å². The monoisotopic (exact) mass is 885 g/mol. The van der Waals surface area contributed by atoms with E-state index in [0.717, 1.165) is 84.7 Å². The Morgan fingerprint density at radius 3 is 2.08 bits per heavy atom. The Kier molecular flexibility index (Phi) is 11.2. The SMILES string of the molecule is O=S(=O)(O)c1ccc(OCCN2C(=Cc3sc4ccc(-c5ccccc5)cc4[n+]3CCC[n+]3cccc4ccccc43)Sc3ccc(-c4ccccc4)cc32)c(S(=O)(=O)O)c1. The van der Waals surface area contributed by atoms with Crippen LogP contribution in [0.15, 0.2) is 178 Å². The van der Waals surface area contributed by atoms with Gasteiger partial charge in [0.1, 0.15) is 22.0 Å². The highest BCUT2D eigenvalue weighted by Gasteiger charge is 2.30. The van der Waals surface area contributed by atoms with E-state index in [4.69, 9.17) is 4.74 Å². The number of para-hydroxylation sites is 1. The van der Waals surface area contributed by atoms with Crippen molar-refractivity contribution >= 4 is 76.2 Å². The molecule has 2 aromatic heterocycles. The molecular formula is C47H39N3O7S4+2. The first-order valence-corrected chi connectivity index (χ1v) is 24.0. The summed E-state index contributed by atoms with van der Waals surface area (Å²) in [4.78, 5) is 1.74. The molecular weight excluding hydrogens is 847 g/mol. The highest BCUT2D eigenvalue weighted by atomic mass is 32.2. The Labute approximate surface area is 362 Å². The molecule has 0 fully saturated rings. The molecule has 306 valence electrons. The number of pyridine rings is 1. The van der Waals surface area contributed by atoms with Gasteiger partial charge in [-0.3, -0.25) is 9.11 Å². The molecule has 0 saturated heterocycles. The van der Waals surface area contributed by atoms with E-state index in [-0.39, 0.29) is 18.9 Å². The van der Waals surface area contributed by atoms with Gasteiger partial charge >= 0.3 is 0 Å². The largest absolute Gasteiger partial charge is 0.490 e. The summed E-state index contributed by atoms with van der Waals surface area (Å²) in [5, 5.41) is 3.19. The van der Waals surface area contributed by atoms with E-state index < -0.39 is 30.0 Å². The summed E-state index contributed by atoms with van der Waals surface area (Å²) in [7, 11) is -9.65. The molecule has 3 heterocycles. The molecule has 8 aromatic rings. The number of nitrogens with zero attached hydrogens (tertiary/aromatic N) is 3. The van der Waals surface area contributed by atoms with Crippen LogP contribution in [0.2, 0.25) is 0 Å². The van der Waals surface area contributed by atoms with Crippen molar-refractivity contribution in [1.82, 2.24) is 0 Å². The molecule has 2 N–H and O–H groups in total. The normalized spacial score (nSPS) is 13.6. The fraction of sp³-hybridized carbons (Fsp3) is 0.106. The van der Waals surface area contributed by atoms with E-state index in [9.17, 15) is 25.9 Å². The lowest BCUT2D eigenvalue weighted by Crippen LogP contribution is -2.40. The van der Waals surface area contributed by atoms with Crippen molar-refractivity contribution in [3.8, 4) is 28.0 Å². The summed E-state index contributed by atoms with van der Waals surface area (Å²) in [5.41, 5.74) is 7.62. The first kappa shape index (κ1) is 40.5. The van der Waals surface area contributed by atoms with Crippen LogP contribution in [0.1, 0.15) is 11.4 Å². The first-order valence-electron chi connectivity index (χ1n) is 19.5. The minimum absolute atomic E-state index is 0.0320. The van der Waals surface area contributed by atoms with Crippen LogP contribution in [0.25, 0.3) is 49.4 Å². The fourth-order valence-electron chi connectivity index (χ4n) is 7.64. The Bertz CT molecular complexity index is 3190. The molecule has 61 heavy (non-hydrogen) atoms. The van der Waals surface area contributed by atoms with Gasteiger partial charge in [-0.25, -0.2) is 0 Å². The Hall–Kier alpha value is -5.87. The zero-order chi connectivity index (χ0) is 42.1. The highest BCUT2D eigenvalue weighted by Crippen LogP contribution is 2.48. The van der Waals surface area contributed by atoms with Crippen LogP contribution in [0, 0.1) is 0 Å². The fourth-order valence-corrected chi connectivity index (χ4v) is 11.2. The summed E-state index contributed by atoms with van der Waals surface area (Å²) in [6.07, 6.45) is 5.21. The molecule has 1 aliphatic rings. The van der Waals surface area contributed by atoms with E-state index in [1.165, 1.54) is 10.9 Å². The third kappa shape index (κ3) is 8.69. The molecule has 1 aliphatic heterocycles. The summed E-state index contributed by atoms with van der Waals surface area (Å²) in [6, 6.07) is 48.9. The number of thiazole rings is 1. The number of benzene rings is 6. The van der Waals surface area contributed by atoms with Crippen LogP contribution in [0.3, 0.4) is 0 Å². The number of hydrogen-bond acceptors (Lipinski definition) is 8. The summed E-state index contributed by atoms with van der Waals surface area (Å²) >= 11 is 3.35. The summed E-state index contributed by atoms with van der Waals surface area (Å²) < 4.78 is 79.6. The van der Waals surface area contributed by atoms with Gasteiger partial charge in [0.05, 0.1) is 34.7 Å². The Morgan fingerprint density at radius 1 is 0.656 bits per heavy atom. The van der Waals surface area contributed by atoms with E-state index in [1.807, 2.05) is 36.4 Å². The second-order valence-electron chi connectivity index (χ2n) is 14.4. The number of aromatic nitrogens is 2. The second-order valence-corrected chi connectivity index (χ2v) is 19.4.